The average molecular weight is 556 g/mol. The van der Waals surface area contributed by atoms with Crippen LogP contribution in [0.4, 0.5) is 0 Å². The van der Waals surface area contributed by atoms with Crippen LogP contribution in [0, 0.1) is 45.8 Å². The molecular formula is C30H41N3O7. The fourth-order valence-electron chi connectivity index (χ4n) is 10.8. The van der Waals surface area contributed by atoms with Crippen molar-refractivity contribution in [1.29, 1.82) is 0 Å². The minimum atomic E-state index is -1.64. The highest BCUT2D eigenvalue weighted by atomic mass is 16.8. The first kappa shape index (κ1) is 26.9. The van der Waals surface area contributed by atoms with Crippen molar-refractivity contribution in [3.05, 3.63) is 33.9 Å². The highest BCUT2D eigenvalue weighted by molar-refractivity contribution is 6.01. The summed E-state index contributed by atoms with van der Waals surface area (Å²) in [7, 11) is 0. The summed E-state index contributed by atoms with van der Waals surface area (Å²) in [4.78, 5) is 17.2. The predicted octanol–water partition coefficient (Wildman–Crippen LogP) is 4.37. The molecule has 8 aliphatic rings. The van der Waals surface area contributed by atoms with E-state index in [2.05, 4.69) is 30.5 Å². The second kappa shape index (κ2) is 8.33. The summed E-state index contributed by atoms with van der Waals surface area (Å²) in [5.74, 6) is -2.90. The number of hydrogen-bond donors (Lipinski definition) is 2. The number of azide groups is 1. The molecule has 10 heteroatoms. The lowest BCUT2D eigenvalue weighted by Gasteiger charge is -2.83. The molecule has 1 unspecified atom stereocenters. The quantitative estimate of drug-likeness (QED) is 0.119. The molecule has 10 atom stereocenters. The highest BCUT2D eigenvalue weighted by Gasteiger charge is 2.92. The molecule has 0 amide bonds. The van der Waals surface area contributed by atoms with Gasteiger partial charge in [-0.2, -0.15) is 0 Å². The molecule has 218 valence electrons. The van der Waals surface area contributed by atoms with Gasteiger partial charge in [-0.1, -0.05) is 31.1 Å². The van der Waals surface area contributed by atoms with Gasteiger partial charge < -0.3 is 29.2 Å². The first-order chi connectivity index (χ1) is 18.9. The zero-order chi connectivity index (χ0) is 28.5. The molecule has 40 heavy (non-hydrogen) atoms. The van der Waals surface area contributed by atoms with E-state index in [-0.39, 0.29) is 47.4 Å². The first-order valence-corrected chi connectivity index (χ1v) is 14.9. The van der Waals surface area contributed by atoms with Crippen molar-refractivity contribution in [2.75, 3.05) is 19.8 Å². The van der Waals surface area contributed by atoms with Crippen LogP contribution in [0.25, 0.3) is 10.4 Å². The van der Waals surface area contributed by atoms with Crippen LogP contribution in [-0.4, -0.2) is 59.7 Å². The van der Waals surface area contributed by atoms with Gasteiger partial charge in [0.2, 0.25) is 5.79 Å². The van der Waals surface area contributed by atoms with E-state index >= 15 is 0 Å². The van der Waals surface area contributed by atoms with E-state index in [9.17, 15) is 15.0 Å². The third-order valence-electron chi connectivity index (χ3n) is 11.5. The Hall–Kier alpha value is -1.94. The summed E-state index contributed by atoms with van der Waals surface area (Å²) in [6.45, 7) is 12.8. The van der Waals surface area contributed by atoms with Crippen molar-refractivity contribution in [1.82, 2.24) is 0 Å². The van der Waals surface area contributed by atoms with Gasteiger partial charge >= 0.3 is 0 Å². The minimum Gasteiger partial charge on any atom is -0.469 e. The number of hydrogen-bond acceptors (Lipinski definition) is 8. The van der Waals surface area contributed by atoms with Crippen molar-refractivity contribution in [3.63, 3.8) is 0 Å². The van der Waals surface area contributed by atoms with E-state index in [0.29, 0.717) is 26.0 Å². The Morgan fingerprint density at radius 1 is 1.27 bits per heavy atom. The Kier molecular flexibility index (Phi) is 5.61. The molecule has 6 fully saturated rings. The molecule has 8 rings (SSSR count). The van der Waals surface area contributed by atoms with Crippen LogP contribution in [0.1, 0.15) is 66.2 Å². The molecule has 0 aromatic rings. The van der Waals surface area contributed by atoms with E-state index in [1.807, 2.05) is 0 Å². The number of aliphatic hydroxyl groups excluding tert-OH is 1. The van der Waals surface area contributed by atoms with Crippen molar-refractivity contribution >= 4 is 5.78 Å². The fraction of sp³-hybridized carbons (Fsp3) is 0.833. The lowest BCUT2D eigenvalue weighted by Crippen LogP contribution is -2.92. The zero-order valence-corrected chi connectivity index (χ0v) is 23.9. The molecule has 0 radical (unpaired) electrons. The average Bonchev–Trinajstić information content (AvgIpc) is 2.87. The highest BCUT2D eigenvalue weighted by Crippen LogP contribution is 2.85. The first-order valence-electron chi connectivity index (χ1n) is 14.9. The van der Waals surface area contributed by atoms with E-state index in [1.54, 1.807) is 13.8 Å². The van der Waals surface area contributed by atoms with Gasteiger partial charge in [0.1, 0.15) is 11.9 Å². The van der Waals surface area contributed by atoms with Crippen LogP contribution in [0.15, 0.2) is 28.6 Å². The number of rotatable bonds is 7. The van der Waals surface area contributed by atoms with Crippen LogP contribution in [-0.2, 0) is 23.7 Å². The van der Waals surface area contributed by atoms with Gasteiger partial charge in [0, 0.05) is 29.7 Å². The number of ether oxygens (including phenoxy) is 4. The normalized spacial score (nSPS) is 47.5. The van der Waals surface area contributed by atoms with Gasteiger partial charge in [-0.15, -0.1) is 0 Å². The molecule has 2 N–H and O–H groups in total. The summed E-state index contributed by atoms with van der Waals surface area (Å²) in [5, 5.41) is 27.1. The van der Waals surface area contributed by atoms with Crippen molar-refractivity contribution < 1.29 is 34.0 Å². The Morgan fingerprint density at radius 2 is 2.05 bits per heavy atom. The number of aliphatic hydroxyl groups is 2. The van der Waals surface area contributed by atoms with E-state index in [0.717, 1.165) is 37.0 Å². The molecule has 3 heterocycles. The summed E-state index contributed by atoms with van der Waals surface area (Å²) >= 11 is 0. The topological polar surface area (TPSA) is 143 Å². The molecule has 2 bridgehead atoms. The molecule has 4 saturated carbocycles. The second-order valence-corrected chi connectivity index (χ2v) is 14.4. The maximum absolute atomic E-state index is 14.4. The maximum Gasteiger partial charge on any atom is 0.211 e. The predicted molar refractivity (Wildman–Crippen MR) is 142 cm³/mol. The minimum absolute atomic E-state index is 0.0215. The molecular weight excluding hydrogens is 514 g/mol. The van der Waals surface area contributed by atoms with Crippen molar-refractivity contribution in [2.24, 2.45) is 50.9 Å². The molecule has 10 nitrogen and oxygen atoms in total. The standard InChI is InChI=1S/C30H41N3O7/c1-15-17-8-9-18-28-14-38-30(40-27(4,5)36,29(18)21(17)20(15)23(29)34)24(35)22(28)26(2,3)13-16-7-10-19(39-25(16)28)37-12-6-11-32-33-31/h17-22,24,35-36H,1,6-14H2,2-5H3/t17-,18-,19+,20?,21-,22+,24-,28-,29+,30-/m0/s1. The van der Waals surface area contributed by atoms with E-state index in [4.69, 9.17) is 24.5 Å². The van der Waals surface area contributed by atoms with Gasteiger partial charge in [-0.05, 0) is 80.2 Å². The van der Waals surface area contributed by atoms with Crippen LogP contribution < -0.4 is 0 Å². The third kappa shape index (κ3) is 2.98. The molecule has 5 aliphatic carbocycles. The lowest BCUT2D eigenvalue weighted by molar-refractivity contribution is -0.499. The summed E-state index contributed by atoms with van der Waals surface area (Å²) in [6.07, 6.45) is 3.00. The number of fused-ring (bicyclic) bond motifs is 1. The van der Waals surface area contributed by atoms with Gasteiger partial charge in [-0.25, -0.2) is 0 Å². The Labute approximate surface area is 234 Å². The number of allylic oxidation sites excluding steroid dienone is 2. The summed E-state index contributed by atoms with van der Waals surface area (Å²) in [5.41, 5.74) is 8.66. The molecule has 2 saturated heterocycles. The van der Waals surface area contributed by atoms with Crippen LogP contribution in [0.5, 0.6) is 0 Å². The molecule has 2 spiro atoms. The summed E-state index contributed by atoms with van der Waals surface area (Å²) < 4.78 is 26.0. The monoisotopic (exact) mass is 555 g/mol. The Bertz CT molecular complexity index is 1250. The number of carbonyl (C=O) groups is 1. The largest absolute Gasteiger partial charge is 0.469 e. The second-order valence-electron chi connectivity index (χ2n) is 14.4. The molecule has 3 aliphatic heterocycles. The molecule has 0 aromatic carbocycles. The number of nitrogens with zero attached hydrogens (tertiary/aromatic N) is 3. The molecule has 0 aromatic heterocycles. The van der Waals surface area contributed by atoms with Crippen molar-refractivity contribution in [3.8, 4) is 0 Å². The Morgan fingerprint density at radius 3 is 2.77 bits per heavy atom. The van der Waals surface area contributed by atoms with Gasteiger partial charge in [-0.3, -0.25) is 4.79 Å². The smallest absolute Gasteiger partial charge is 0.211 e. The van der Waals surface area contributed by atoms with Gasteiger partial charge in [0.05, 0.1) is 24.0 Å². The van der Waals surface area contributed by atoms with E-state index < -0.39 is 34.8 Å². The van der Waals surface area contributed by atoms with Crippen LogP contribution in [0.2, 0.25) is 0 Å². The van der Waals surface area contributed by atoms with Crippen LogP contribution >= 0.6 is 0 Å². The van der Waals surface area contributed by atoms with E-state index in [1.165, 1.54) is 5.57 Å². The fourth-order valence-corrected chi connectivity index (χ4v) is 10.8. The maximum atomic E-state index is 14.4. The van der Waals surface area contributed by atoms with Gasteiger partial charge in [0.25, 0.3) is 0 Å². The van der Waals surface area contributed by atoms with Crippen LogP contribution in [0.3, 0.4) is 0 Å². The Balaban J connectivity index is 1.34. The zero-order valence-electron chi connectivity index (χ0n) is 23.9. The summed E-state index contributed by atoms with van der Waals surface area (Å²) in [6, 6.07) is 0. The third-order valence-corrected chi connectivity index (χ3v) is 11.5. The lowest BCUT2D eigenvalue weighted by atomic mass is 9.23. The van der Waals surface area contributed by atoms with Crippen molar-refractivity contribution in [2.45, 2.75) is 90.2 Å². The SMILES string of the molecule is C=C1C2C(=O)[C@]34[C@H]2[C@H]1CC[C@H]3[C@@]12CO[C@]4(OC(C)(C)O)[C@@H](O)[C@@H]1C(C)(C)CC1=C2O[C@@H](OCCCN=[N+]=[N-])CC1. The van der Waals surface area contributed by atoms with Gasteiger partial charge in [0.15, 0.2) is 17.9 Å². The number of Topliss-reactive ketones (excluding diaryl/α,β-unsaturated/α-hetero) is 1. The number of carbonyl (C=O) groups excluding carboxylic acids is 1. The number of ketones is 1.